The largest absolute Gasteiger partial charge is 0.381 e. The van der Waals surface area contributed by atoms with Crippen molar-refractivity contribution < 1.29 is 9.47 Å². The highest BCUT2D eigenvalue weighted by atomic mass is 16.5. The van der Waals surface area contributed by atoms with Crippen molar-refractivity contribution >= 4 is 0 Å². The van der Waals surface area contributed by atoms with Crippen LogP contribution in [0.4, 0.5) is 0 Å². The molecule has 3 heterocycles. The van der Waals surface area contributed by atoms with Crippen molar-refractivity contribution in [2.45, 2.75) is 38.8 Å². The van der Waals surface area contributed by atoms with E-state index in [1.807, 2.05) is 18.5 Å². The molecule has 2 atom stereocenters. The van der Waals surface area contributed by atoms with Gasteiger partial charge in [-0.15, -0.1) is 0 Å². The lowest BCUT2D eigenvalue weighted by Crippen LogP contribution is -2.56. The van der Waals surface area contributed by atoms with Crippen LogP contribution < -0.4 is 0 Å². The molecule has 2 aliphatic rings. The van der Waals surface area contributed by atoms with Gasteiger partial charge in [-0.1, -0.05) is 6.07 Å². The van der Waals surface area contributed by atoms with E-state index in [0.29, 0.717) is 6.10 Å². The standard InChI is InChI=1S/C17H26N2O2/c1-2-20-14-17-7-4-10-21-16(17)6-9-19(13-17)12-15-5-3-8-18-11-15/h3,5,8,11,16H,2,4,6-7,9-10,12-14H2,1H3/t16-,17-/m0/s1. The predicted octanol–water partition coefficient (Wildman–Crippen LogP) is 2.49. The van der Waals surface area contributed by atoms with Gasteiger partial charge in [0.25, 0.3) is 0 Å². The van der Waals surface area contributed by atoms with Crippen LogP contribution >= 0.6 is 0 Å². The van der Waals surface area contributed by atoms with Crippen molar-refractivity contribution in [3.63, 3.8) is 0 Å². The van der Waals surface area contributed by atoms with E-state index in [1.54, 1.807) is 0 Å². The molecule has 1 aromatic heterocycles. The average molecular weight is 290 g/mol. The van der Waals surface area contributed by atoms with Crippen LogP contribution in [0.2, 0.25) is 0 Å². The van der Waals surface area contributed by atoms with Crippen LogP contribution in [0.5, 0.6) is 0 Å². The van der Waals surface area contributed by atoms with Gasteiger partial charge in [-0.2, -0.15) is 0 Å². The number of nitrogens with zero attached hydrogens (tertiary/aromatic N) is 2. The van der Waals surface area contributed by atoms with Gasteiger partial charge >= 0.3 is 0 Å². The zero-order chi connectivity index (χ0) is 14.5. The monoisotopic (exact) mass is 290 g/mol. The molecular formula is C17H26N2O2. The van der Waals surface area contributed by atoms with Crippen LogP contribution in [0, 0.1) is 5.41 Å². The van der Waals surface area contributed by atoms with Gasteiger partial charge in [-0.05, 0) is 37.8 Å². The molecule has 21 heavy (non-hydrogen) atoms. The van der Waals surface area contributed by atoms with E-state index in [-0.39, 0.29) is 5.41 Å². The molecule has 4 nitrogen and oxygen atoms in total. The second-order valence-corrected chi connectivity index (χ2v) is 6.32. The third kappa shape index (κ3) is 3.44. The van der Waals surface area contributed by atoms with Crippen molar-refractivity contribution in [3.8, 4) is 0 Å². The summed E-state index contributed by atoms with van der Waals surface area (Å²) in [6.45, 7) is 7.77. The highest BCUT2D eigenvalue weighted by molar-refractivity contribution is 5.09. The summed E-state index contributed by atoms with van der Waals surface area (Å²) >= 11 is 0. The maximum atomic E-state index is 6.06. The lowest BCUT2D eigenvalue weighted by Gasteiger charge is -2.50. The first-order chi connectivity index (χ1) is 10.3. The highest BCUT2D eigenvalue weighted by Gasteiger charge is 2.45. The summed E-state index contributed by atoms with van der Waals surface area (Å²) in [5.41, 5.74) is 1.48. The Bertz CT molecular complexity index is 440. The van der Waals surface area contributed by atoms with Crippen molar-refractivity contribution in [1.29, 1.82) is 0 Å². The molecule has 2 saturated heterocycles. The molecule has 0 aliphatic carbocycles. The predicted molar refractivity (Wildman–Crippen MR) is 82.0 cm³/mol. The van der Waals surface area contributed by atoms with Crippen molar-refractivity contribution in [2.24, 2.45) is 5.41 Å². The molecule has 2 aliphatic heterocycles. The van der Waals surface area contributed by atoms with Crippen LogP contribution in [-0.2, 0) is 16.0 Å². The summed E-state index contributed by atoms with van der Waals surface area (Å²) in [5.74, 6) is 0. The maximum Gasteiger partial charge on any atom is 0.0677 e. The Labute approximate surface area is 127 Å². The van der Waals surface area contributed by atoms with Gasteiger partial charge in [0, 0.05) is 50.7 Å². The SMILES string of the molecule is CCOC[C@@]12CCCO[C@H]1CCN(Cc1cccnc1)C2. The van der Waals surface area contributed by atoms with Gasteiger partial charge in [0.2, 0.25) is 0 Å². The Morgan fingerprint density at radius 2 is 2.48 bits per heavy atom. The number of likely N-dealkylation sites (tertiary alicyclic amines) is 1. The first-order valence-corrected chi connectivity index (χ1v) is 8.13. The Morgan fingerprint density at radius 3 is 3.29 bits per heavy atom. The maximum absolute atomic E-state index is 6.06. The fourth-order valence-electron chi connectivity index (χ4n) is 3.78. The molecule has 0 unspecified atom stereocenters. The van der Waals surface area contributed by atoms with E-state index < -0.39 is 0 Å². The number of ether oxygens (including phenoxy) is 2. The van der Waals surface area contributed by atoms with Gasteiger partial charge in [0.05, 0.1) is 12.7 Å². The van der Waals surface area contributed by atoms with E-state index in [0.717, 1.165) is 52.3 Å². The molecule has 0 N–H and O–H groups in total. The summed E-state index contributed by atoms with van der Waals surface area (Å²) in [6, 6.07) is 4.17. The fraction of sp³-hybridized carbons (Fsp3) is 0.706. The van der Waals surface area contributed by atoms with Gasteiger partial charge in [-0.3, -0.25) is 9.88 Å². The molecule has 3 rings (SSSR count). The molecular weight excluding hydrogens is 264 g/mol. The molecule has 4 heteroatoms. The van der Waals surface area contributed by atoms with Crippen LogP contribution in [0.3, 0.4) is 0 Å². The third-order valence-electron chi connectivity index (χ3n) is 4.79. The van der Waals surface area contributed by atoms with E-state index >= 15 is 0 Å². The van der Waals surface area contributed by atoms with Crippen LogP contribution in [0.15, 0.2) is 24.5 Å². The molecule has 1 aromatic rings. The Morgan fingerprint density at radius 1 is 1.52 bits per heavy atom. The van der Waals surface area contributed by atoms with E-state index in [2.05, 4.69) is 22.9 Å². The number of pyridine rings is 1. The molecule has 0 spiro atoms. The van der Waals surface area contributed by atoms with Crippen LogP contribution in [0.1, 0.15) is 31.7 Å². The minimum absolute atomic E-state index is 0.189. The Kier molecular flexibility index (Phi) is 4.88. The smallest absolute Gasteiger partial charge is 0.0677 e. The second-order valence-electron chi connectivity index (χ2n) is 6.32. The normalized spacial score (nSPS) is 30.0. The van der Waals surface area contributed by atoms with E-state index in [4.69, 9.17) is 9.47 Å². The van der Waals surface area contributed by atoms with Crippen molar-refractivity contribution in [3.05, 3.63) is 30.1 Å². The minimum atomic E-state index is 0.189. The van der Waals surface area contributed by atoms with Gasteiger partial charge in [0.15, 0.2) is 0 Å². The molecule has 0 bridgehead atoms. The first kappa shape index (κ1) is 14.9. The number of piperidine rings is 1. The van der Waals surface area contributed by atoms with E-state index in [1.165, 1.54) is 12.0 Å². The lowest BCUT2D eigenvalue weighted by molar-refractivity contribution is -0.153. The average Bonchev–Trinajstić information content (AvgIpc) is 2.54. The van der Waals surface area contributed by atoms with Crippen molar-refractivity contribution in [2.75, 3.05) is 32.9 Å². The highest BCUT2D eigenvalue weighted by Crippen LogP contribution is 2.40. The summed E-state index contributed by atoms with van der Waals surface area (Å²) in [7, 11) is 0. The number of fused-ring (bicyclic) bond motifs is 1. The topological polar surface area (TPSA) is 34.6 Å². The first-order valence-electron chi connectivity index (χ1n) is 8.13. The summed E-state index contributed by atoms with van der Waals surface area (Å²) < 4.78 is 11.9. The summed E-state index contributed by atoms with van der Waals surface area (Å²) in [4.78, 5) is 6.77. The molecule has 2 fully saturated rings. The van der Waals surface area contributed by atoms with E-state index in [9.17, 15) is 0 Å². The number of aromatic nitrogens is 1. The molecule has 0 aromatic carbocycles. The Balaban J connectivity index is 1.68. The van der Waals surface area contributed by atoms with Crippen LogP contribution in [-0.4, -0.2) is 48.9 Å². The Hall–Kier alpha value is -0.970. The third-order valence-corrected chi connectivity index (χ3v) is 4.79. The van der Waals surface area contributed by atoms with Crippen molar-refractivity contribution in [1.82, 2.24) is 9.88 Å². The minimum Gasteiger partial charge on any atom is -0.381 e. The quantitative estimate of drug-likeness (QED) is 0.834. The van der Waals surface area contributed by atoms with Gasteiger partial charge in [-0.25, -0.2) is 0 Å². The fourth-order valence-corrected chi connectivity index (χ4v) is 3.78. The summed E-state index contributed by atoms with van der Waals surface area (Å²) in [6.07, 6.45) is 7.68. The molecule has 0 saturated carbocycles. The van der Waals surface area contributed by atoms with Gasteiger partial charge < -0.3 is 9.47 Å². The number of rotatable bonds is 5. The summed E-state index contributed by atoms with van der Waals surface area (Å²) in [5, 5.41) is 0. The molecule has 116 valence electrons. The second kappa shape index (κ2) is 6.86. The molecule has 0 radical (unpaired) electrons. The van der Waals surface area contributed by atoms with Crippen LogP contribution in [0.25, 0.3) is 0 Å². The number of hydrogen-bond donors (Lipinski definition) is 0. The zero-order valence-electron chi connectivity index (χ0n) is 13.0. The van der Waals surface area contributed by atoms with Gasteiger partial charge in [0.1, 0.15) is 0 Å². The lowest BCUT2D eigenvalue weighted by atomic mass is 9.73. The number of hydrogen-bond acceptors (Lipinski definition) is 4. The molecule has 0 amide bonds. The zero-order valence-corrected chi connectivity index (χ0v) is 13.0.